The minimum atomic E-state index is 0. The molecule has 2 nitrogen and oxygen atoms in total. The molecule has 24 heavy (non-hydrogen) atoms. The van der Waals surface area contributed by atoms with Gasteiger partial charge in [0, 0.05) is 6.61 Å². The molecule has 1 aromatic rings. The Hall–Kier alpha value is -0.570. The number of halogens is 1. The van der Waals surface area contributed by atoms with Crippen molar-refractivity contribution in [1.29, 1.82) is 0 Å². The van der Waals surface area contributed by atoms with Crippen molar-refractivity contribution < 1.29 is 17.5 Å². The van der Waals surface area contributed by atoms with Crippen LogP contribution in [0.5, 0.6) is 0 Å². The Labute approximate surface area is 157 Å². The lowest BCUT2D eigenvalue weighted by Crippen LogP contribution is -3.00. The predicted molar refractivity (Wildman–Crippen MR) is 105 cm³/mol. The minimum Gasteiger partial charge on any atom is -1.00 e. The van der Waals surface area contributed by atoms with E-state index in [1.807, 2.05) is 6.07 Å². The Morgan fingerprint density at radius 2 is 1.12 bits per heavy atom. The summed E-state index contributed by atoms with van der Waals surface area (Å²) in [6.45, 7) is 2.63. The zero-order chi connectivity index (χ0) is 17.4. The Kier molecular flexibility index (Phi) is 18.5. The highest BCUT2D eigenvalue weighted by atomic mass is 35.5. The van der Waals surface area contributed by atoms with E-state index in [1.54, 1.807) is 0 Å². The van der Waals surface area contributed by atoms with Crippen LogP contribution >= 0.6 is 0 Å². The standard InChI is InChI=1S/C12H26O.C9H14N.ClH/c1-2-3-4-5-6-7-8-9-10-11-12-13;1-10(2,3)9-7-5-4-6-8-9;/h13H,2-12H2,1H3;4-8H,1-3H3;1H/q;+1;/p-1. The van der Waals surface area contributed by atoms with Crippen LogP contribution in [-0.2, 0) is 0 Å². The number of quaternary nitrogens is 1. The first-order chi connectivity index (χ1) is 11.0. The van der Waals surface area contributed by atoms with Gasteiger partial charge in [-0.2, -0.15) is 0 Å². The van der Waals surface area contributed by atoms with Crippen LogP contribution < -0.4 is 16.9 Å². The highest BCUT2D eigenvalue weighted by Crippen LogP contribution is 2.14. The largest absolute Gasteiger partial charge is 1.00 e. The van der Waals surface area contributed by atoms with Crippen molar-refractivity contribution in [1.82, 2.24) is 4.48 Å². The number of para-hydroxylation sites is 1. The van der Waals surface area contributed by atoms with Crippen molar-refractivity contribution >= 4 is 5.69 Å². The molecule has 1 rings (SSSR count). The molecule has 0 radical (unpaired) electrons. The second-order valence-electron chi connectivity index (χ2n) is 7.25. The fraction of sp³-hybridized carbons (Fsp3) is 0.714. The van der Waals surface area contributed by atoms with Crippen LogP contribution in [0.4, 0.5) is 5.69 Å². The highest BCUT2D eigenvalue weighted by Gasteiger charge is 2.08. The number of unbranched alkanes of at least 4 members (excludes halogenated alkanes) is 9. The van der Waals surface area contributed by atoms with Crippen LogP contribution in [0, 0.1) is 0 Å². The Morgan fingerprint density at radius 3 is 1.46 bits per heavy atom. The number of benzene rings is 1. The second-order valence-corrected chi connectivity index (χ2v) is 7.25. The fourth-order valence-electron chi connectivity index (χ4n) is 2.47. The summed E-state index contributed by atoms with van der Waals surface area (Å²) in [6, 6.07) is 10.5. The smallest absolute Gasteiger partial charge is 0.132 e. The SMILES string of the molecule is CCCCCCCCCCCCO.C[N+](C)(C)c1ccccc1.[Cl-]. The summed E-state index contributed by atoms with van der Waals surface area (Å²) in [7, 11) is 6.49. The summed E-state index contributed by atoms with van der Waals surface area (Å²) in [5.41, 5.74) is 1.34. The quantitative estimate of drug-likeness (QED) is 0.477. The molecule has 0 spiro atoms. The van der Waals surface area contributed by atoms with Crippen molar-refractivity contribution in [2.45, 2.75) is 71.1 Å². The predicted octanol–water partition coefficient (Wildman–Crippen LogP) is 2.79. The molecule has 0 saturated heterocycles. The number of hydrogen-bond acceptors (Lipinski definition) is 1. The normalized spacial score (nSPS) is 10.5. The molecule has 0 saturated carbocycles. The molecular formula is C21H40ClNO. The van der Waals surface area contributed by atoms with E-state index < -0.39 is 0 Å². The second kappa shape index (κ2) is 17.3. The molecule has 0 aliphatic carbocycles. The molecule has 0 bridgehead atoms. The maximum atomic E-state index is 8.57. The van der Waals surface area contributed by atoms with Crippen LogP contribution in [0.3, 0.4) is 0 Å². The molecule has 1 N–H and O–H groups in total. The summed E-state index contributed by atoms with van der Waals surface area (Å²) >= 11 is 0. The number of aliphatic hydroxyl groups is 1. The average Bonchev–Trinajstić information content (AvgIpc) is 2.54. The molecule has 0 atom stereocenters. The van der Waals surface area contributed by atoms with Gasteiger partial charge < -0.3 is 17.5 Å². The van der Waals surface area contributed by atoms with Crippen LogP contribution in [0.25, 0.3) is 0 Å². The van der Waals surface area contributed by atoms with Crippen molar-refractivity contribution in [3.8, 4) is 0 Å². The monoisotopic (exact) mass is 357 g/mol. The van der Waals surface area contributed by atoms with Gasteiger partial charge in [-0.15, -0.1) is 0 Å². The van der Waals surface area contributed by atoms with Gasteiger partial charge in [-0.1, -0.05) is 82.9 Å². The summed E-state index contributed by atoms with van der Waals surface area (Å²) < 4.78 is 0.890. The first kappa shape index (κ1) is 25.7. The molecule has 0 amide bonds. The third-order valence-electron chi connectivity index (χ3n) is 4.04. The molecule has 0 aliphatic heterocycles. The van der Waals surface area contributed by atoms with Gasteiger partial charge >= 0.3 is 0 Å². The third-order valence-corrected chi connectivity index (χ3v) is 4.04. The molecule has 0 fully saturated rings. The van der Waals surface area contributed by atoms with Gasteiger partial charge in [-0.05, 0) is 18.6 Å². The average molecular weight is 358 g/mol. The van der Waals surface area contributed by atoms with Crippen LogP contribution in [0.2, 0.25) is 0 Å². The Bertz CT molecular complexity index is 339. The zero-order valence-electron chi connectivity index (χ0n) is 16.4. The molecule has 0 heterocycles. The third kappa shape index (κ3) is 16.3. The van der Waals surface area contributed by atoms with Gasteiger partial charge in [0.2, 0.25) is 0 Å². The fourth-order valence-corrected chi connectivity index (χ4v) is 2.47. The van der Waals surface area contributed by atoms with E-state index in [4.69, 9.17) is 5.11 Å². The van der Waals surface area contributed by atoms with Crippen LogP contribution in [-0.4, -0.2) is 32.9 Å². The summed E-state index contributed by atoms with van der Waals surface area (Å²) in [6.07, 6.45) is 13.3. The number of rotatable bonds is 11. The van der Waals surface area contributed by atoms with Gasteiger partial charge in [0.25, 0.3) is 0 Å². The van der Waals surface area contributed by atoms with E-state index in [0.717, 1.165) is 10.9 Å². The highest BCUT2D eigenvalue weighted by molar-refractivity contribution is 5.40. The van der Waals surface area contributed by atoms with E-state index in [9.17, 15) is 0 Å². The van der Waals surface area contributed by atoms with Crippen LogP contribution in [0.15, 0.2) is 30.3 Å². The molecule has 1 aromatic carbocycles. The van der Waals surface area contributed by atoms with Gasteiger partial charge in [0.1, 0.15) is 5.69 Å². The number of nitrogens with zero attached hydrogens (tertiary/aromatic N) is 1. The lowest BCUT2D eigenvalue weighted by molar-refractivity contribution is -0.00000641. The molecule has 3 heteroatoms. The molecular weight excluding hydrogens is 318 g/mol. The van der Waals surface area contributed by atoms with E-state index in [1.165, 1.54) is 63.5 Å². The Balaban J connectivity index is 0. The van der Waals surface area contributed by atoms with Gasteiger partial charge in [0.05, 0.1) is 21.1 Å². The summed E-state index contributed by atoms with van der Waals surface area (Å²) in [4.78, 5) is 0. The lowest BCUT2D eigenvalue weighted by Gasteiger charge is -2.22. The zero-order valence-corrected chi connectivity index (χ0v) is 17.2. The van der Waals surface area contributed by atoms with Crippen molar-refractivity contribution in [2.75, 3.05) is 27.7 Å². The van der Waals surface area contributed by atoms with Gasteiger partial charge in [0.15, 0.2) is 0 Å². The first-order valence-electron chi connectivity index (χ1n) is 9.50. The van der Waals surface area contributed by atoms with E-state index in [2.05, 4.69) is 52.3 Å². The van der Waals surface area contributed by atoms with Gasteiger partial charge in [-0.25, -0.2) is 0 Å². The summed E-state index contributed by atoms with van der Waals surface area (Å²) in [5.74, 6) is 0. The Morgan fingerprint density at radius 1 is 0.708 bits per heavy atom. The van der Waals surface area contributed by atoms with Crippen molar-refractivity contribution in [3.63, 3.8) is 0 Å². The van der Waals surface area contributed by atoms with E-state index in [0.29, 0.717) is 6.61 Å². The maximum absolute atomic E-state index is 8.57. The first-order valence-corrected chi connectivity index (χ1v) is 9.50. The maximum Gasteiger partial charge on any atom is 0.132 e. The summed E-state index contributed by atoms with van der Waals surface area (Å²) in [5, 5.41) is 8.57. The van der Waals surface area contributed by atoms with Crippen LogP contribution in [0.1, 0.15) is 71.1 Å². The van der Waals surface area contributed by atoms with Gasteiger partial charge in [-0.3, -0.25) is 4.48 Å². The van der Waals surface area contributed by atoms with E-state index >= 15 is 0 Å². The van der Waals surface area contributed by atoms with Crippen molar-refractivity contribution in [3.05, 3.63) is 30.3 Å². The van der Waals surface area contributed by atoms with Crippen molar-refractivity contribution in [2.24, 2.45) is 0 Å². The molecule has 142 valence electrons. The molecule has 0 aliphatic rings. The van der Waals surface area contributed by atoms with E-state index in [-0.39, 0.29) is 12.4 Å². The lowest BCUT2D eigenvalue weighted by atomic mass is 10.1. The number of aliphatic hydroxyl groups excluding tert-OH is 1. The molecule has 0 unspecified atom stereocenters. The number of hydrogen-bond donors (Lipinski definition) is 1. The molecule has 0 aromatic heterocycles. The topological polar surface area (TPSA) is 20.2 Å². The minimum absolute atomic E-state index is 0.